The third kappa shape index (κ3) is 2.63. The number of ketones is 1. The Morgan fingerprint density at radius 2 is 1.81 bits per heavy atom. The van der Waals surface area contributed by atoms with Crippen molar-refractivity contribution in [1.29, 1.82) is 0 Å². The molecule has 2 nitrogen and oxygen atoms in total. The number of benzene rings is 1. The van der Waals surface area contributed by atoms with Crippen molar-refractivity contribution < 1.29 is 9.53 Å². The van der Waals surface area contributed by atoms with E-state index in [2.05, 4.69) is 6.07 Å². The molecule has 0 bridgehead atoms. The van der Waals surface area contributed by atoms with E-state index < -0.39 is 0 Å². The molecule has 2 heteroatoms. The molecule has 0 heterocycles. The summed E-state index contributed by atoms with van der Waals surface area (Å²) in [7, 11) is 0. The topological polar surface area (TPSA) is 26.3 Å². The summed E-state index contributed by atoms with van der Waals surface area (Å²) in [5.74, 6) is 0.995. The summed E-state index contributed by atoms with van der Waals surface area (Å²) < 4.78 is 5.76. The Bertz CT molecular complexity index is 394. The summed E-state index contributed by atoms with van der Waals surface area (Å²) in [5, 5.41) is 0. The fourth-order valence-electron chi connectivity index (χ4n) is 1.64. The van der Waals surface area contributed by atoms with Gasteiger partial charge in [0.25, 0.3) is 0 Å². The lowest BCUT2D eigenvalue weighted by Gasteiger charge is -2.18. The zero-order valence-corrected chi connectivity index (χ0v) is 10.8. The van der Waals surface area contributed by atoms with Crippen molar-refractivity contribution in [3.05, 3.63) is 28.8 Å². The first-order valence-electron chi connectivity index (χ1n) is 5.73. The van der Waals surface area contributed by atoms with Crippen LogP contribution in [-0.2, 0) is 4.79 Å². The number of carbonyl (C=O) groups excluding carboxylic acids is 1. The second-order valence-corrected chi connectivity index (χ2v) is 4.23. The second-order valence-electron chi connectivity index (χ2n) is 4.23. The van der Waals surface area contributed by atoms with Crippen molar-refractivity contribution in [2.45, 2.75) is 47.1 Å². The predicted octanol–water partition coefficient (Wildman–Crippen LogP) is 3.36. The van der Waals surface area contributed by atoms with E-state index in [1.807, 2.05) is 40.7 Å². The van der Waals surface area contributed by atoms with Gasteiger partial charge in [-0.2, -0.15) is 0 Å². The van der Waals surface area contributed by atoms with E-state index >= 15 is 0 Å². The van der Waals surface area contributed by atoms with Crippen LogP contribution in [0.4, 0.5) is 0 Å². The number of Topliss-reactive ketones (excluding diaryl/α,β-unsaturated/α-hetero) is 1. The molecule has 0 aliphatic rings. The van der Waals surface area contributed by atoms with Gasteiger partial charge < -0.3 is 4.74 Å². The molecule has 1 aromatic rings. The van der Waals surface area contributed by atoms with Crippen molar-refractivity contribution in [3.8, 4) is 5.75 Å². The van der Waals surface area contributed by atoms with Crippen LogP contribution in [-0.4, -0.2) is 11.9 Å². The quantitative estimate of drug-likeness (QED) is 0.777. The van der Waals surface area contributed by atoms with Crippen LogP contribution < -0.4 is 4.74 Å². The van der Waals surface area contributed by atoms with Gasteiger partial charge in [0.2, 0.25) is 0 Å². The minimum absolute atomic E-state index is 0.139. The van der Waals surface area contributed by atoms with Crippen LogP contribution in [0.2, 0.25) is 0 Å². The highest BCUT2D eigenvalue weighted by molar-refractivity contribution is 5.82. The minimum Gasteiger partial charge on any atom is -0.482 e. The van der Waals surface area contributed by atoms with Crippen LogP contribution in [0.5, 0.6) is 5.75 Å². The van der Waals surface area contributed by atoms with E-state index in [0.717, 1.165) is 16.9 Å². The van der Waals surface area contributed by atoms with E-state index in [9.17, 15) is 4.79 Å². The van der Waals surface area contributed by atoms with Gasteiger partial charge in [0.15, 0.2) is 11.9 Å². The maximum atomic E-state index is 11.5. The summed E-state index contributed by atoms with van der Waals surface area (Å²) in [4.78, 5) is 11.5. The average Bonchev–Trinajstić information content (AvgIpc) is 2.28. The van der Waals surface area contributed by atoms with Gasteiger partial charge in [0.1, 0.15) is 5.75 Å². The Kier molecular flexibility index (Phi) is 4.11. The molecule has 1 aromatic carbocycles. The Labute approximate surface area is 97.6 Å². The molecular weight excluding hydrogens is 200 g/mol. The van der Waals surface area contributed by atoms with E-state index in [1.165, 1.54) is 5.56 Å². The molecule has 0 saturated carbocycles. The summed E-state index contributed by atoms with van der Waals surface area (Å²) in [6.07, 6.45) is 0.162. The zero-order chi connectivity index (χ0) is 12.3. The average molecular weight is 220 g/mol. The van der Waals surface area contributed by atoms with Gasteiger partial charge in [-0.1, -0.05) is 19.1 Å². The third-order valence-electron chi connectivity index (χ3n) is 2.97. The number of ether oxygens (including phenoxy) is 1. The first kappa shape index (κ1) is 12.8. The molecule has 1 atom stereocenters. The molecule has 0 aliphatic carbocycles. The third-order valence-corrected chi connectivity index (χ3v) is 2.97. The number of aryl methyl sites for hydroxylation is 2. The smallest absolute Gasteiger partial charge is 0.172 e. The van der Waals surface area contributed by atoms with Crippen LogP contribution in [0.1, 0.15) is 37.0 Å². The molecule has 1 unspecified atom stereocenters. The summed E-state index contributed by atoms with van der Waals surface area (Å²) >= 11 is 0. The van der Waals surface area contributed by atoms with Crippen LogP contribution in [0.15, 0.2) is 12.1 Å². The van der Waals surface area contributed by atoms with E-state index in [0.29, 0.717) is 6.42 Å². The molecule has 1 rings (SSSR count). The van der Waals surface area contributed by atoms with Crippen LogP contribution >= 0.6 is 0 Å². The summed E-state index contributed by atoms with van der Waals surface area (Å²) in [5.41, 5.74) is 3.39. The van der Waals surface area contributed by atoms with Crippen molar-refractivity contribution in [3.63, 3.8) is 0 Å². The predicted molar refractivity (Wildman–Crippen MR) is 66.0 cm³/mol. The maximum absolute atomic E-state index is 11.5. The molecule has 16 heavy (non-hydrogen) atoms. The Balaban J connectivity index is 2.97. The molecule has 0 aromatic heterocycles. The molecule has 0 fully saturated rings. The van der Waals surface area contributed by atoms with Crippen molar-refractivity contribution in [2.24, 2.45) is 0 Å². The first-order valence-corrected chi connectivity index (χ1v) is 5.73. The zero-order valence-electron chi connectivity index (χ0n) is 10.8. The lowest BCUT2D eigenvalue weighted by molar-refractivity contribution is -0.124. The molecule has 0 N–H and O–H groups in total. The number of carbonyl (C=O) groups is 1. The highest BCUT2D eigenvalue weighted by Gasteiger charge is 2.15. The summed E-state index contributed by atoms with van der Waals surface area (Å²) in [6, 6.07) is 4.10. The van der Waals surface area contributed by atoms with E-state index in [-0.39, 0.29) is 11.9 Å². The summed E-state index contributed by atoms with van der Waals surface area (Å²) in [6.45, 7) is 9.75. The molecule has 88 valence electrons. The van der Waals surface area contributed by atoms with Gasteiger partial charge in [-0.25, -0.2) is 0 Å². The minimum atomic E-state index is -0.357. The Morgan fingerprint density at radius 1 is 1.25 bits per heavy atom. The van der Waals surface area contributed by atoms with Crippen molar-refractivity contribution in [2.75, 3.05) is 0 Å². The molecule has 0 radical (unpaired) electrons. The molecular formula is C14H20O2. The SMILES string of the molecule is CCC(=O)C(C)Oc1c(C)ccc(C)c1C. The molecule has 0 amide bonds. The van der Waals surface area contributed by atoms with Crippen molar-refractivity contribution >= 4 is 5.78 Å². The van der Waals surface area contributed by atoms with Crippen molar-refractivity contribution in [1.82, 2.24) is 0 Å². The molecule has 0 saturated heterocycles. The van der Waals surface area contributed by atoms with Gasteiger partial charge in [-0.3, -0.25) is 4.79 Å². The van der Waals surface area contributed by atoms with Crippen LogP contribution in [0.25, 0.3) is 0 Å². The molecule has 0 aliphatic heterocycles. The number of hydrogen-bond donors (Lipinski definition) is 0. The van der Waals surface area contributed by atoms with Gasteiger partial charge in [0, 0.05) is 6.42 Å². The van der Waals surface area contributed by atoms with Gasteiger partial charge in [-0.05, 0) is 44.4 Å². The second kappa shape index (κ2) is 5.15. The monoisotopic (exact) mass is 220 g/mol. The number of hydrogen-bond acceptors (Lipinski definition) is 2. The normalized spacial score (nSPS) is 12.3. The molecule has 0 spiro atoms. The van der Waals surface area contributed by atoms with Gasteiger partial charge >= 0.3 is 0 Å². The first-order chi connectivity index (χ1) is 7.47. The van der Waals surface area contributed by atoms with Gasteiger partial charge in [0.05, 0.1) is 0 Å². The highest BCUT2D eigenvalue weighted by atomic mass is 16.5. The van der Waals surface area contributed by atoms with E-state index in [1.54, 1.807) is 0 Å². The van der Waals surface area contributed by atoms with E-state index in [4.69, 9.17) is 4.74 Å². The van der Waals surface area contributed by atoms with Crippen LogP contribution in [0.3, 0.4) is 0 Å². The Morgan fingerprint density at radius 3 is 2.38 bits per heavy atom. The maximum Gasteiger partial charge on any atom is 0.172 e. The Hall–Kier alpha value is -1.31. The lowest BCUT2D eigenvalue weighted by Crippen LogP contribution is -2.23. The van der Waals surface area contributed by atoms with Crippen LogP contribution in [0, 0.1) is 20.8 Å². The van der Waals surface area contributed by atoms with Gasteiger partial charge in [-0.15, -0.1) is 0 Å². The highest BCUT2D eigenvalue weighted by Crippen LogP contribution is 2.26. The lowest BCUT2D eigenvalue weighted by atomic mass is 10.0. The fraction of sp³-hybridized carbons (Fsp3) is 0.500. The fourth-order valence-corrected chi connectivity index (χ4v) is 1.64. The largest absolute Gasteiger partial charge is 0.482 e. The number of rotatable bonds is 4. The standard InChI is InChI=1S/C14H20O2/c1-6-13(15)12(5)16-14-10(3)8-7-9(2)11(14)4/h7-8,12H,6H2,1-5H3.